The van der Waals surface area contributed by atoms with Gasteiger partial charge in [0.1, 0.15) is 0 Å². The van der Waals surface area contributed by atoms with Crippen LogP contribution in [-0.4, -0.2) is 23.5 Å². The molecule has 1 unspecified atom stereocenters. The summed E-state index contributed by atoms with van der Waals surface area (Å²) >= 11 is 7.59. The molecule has 0 heterocycles. The van der Waals surface area contributed by atoms with Crippen molar-refractivity contribution in [1.82, 2.24) is 0 Å². The molecule has 0 bridgehead atoms. The van der Waals surface area contributed by atoms with E-state index in [1.807, 2.05) is 19.1 Å². The first-order valence-electron chi connectivity index (χ1n) is 5.96. The van der Waals surface area contributed by atoms with Gasteiger partial charge in [-0.2, -0.15) is 11.8 Å². The normalized spacial score (nSPS) is 12.2. The Labute approximate surface area is 117 Å². The van der Waals surface area contributed by atoms with Gasteiger partial charge >= 0.3 is 0 Å². The summed E-state index contributed by atoms with van der Waals surface area (Å²) in [7, 11) is 0. The molecule has 0 fully saturated rings. The van der Waals surface area contributed by atoms with Crippen molar-refractivity contribution in [2.45, 2.75) is 25.8 Å². The minimum absolute atomic E-state index is 0.0190. The van der Waals surface area contributed by atoms with Crippen LogP contribution in [-0.2, 0) is 4.79 Å². The number of carbonyl (C=O) groups excluding carboxylic acids is 1. The molecule has 0 saturated carbocycles. The highest BCUT2D eigenvalue weighted by Gasteiger charge is 2.03. The van der Waals surface area contributed by atoms with Crippen LogP contribution in [0.4, 0.5) is 5.69 Å². The number of amides is 1. The molecule has 1 amide bonds. The summed E-state index contributed by atoms with van der Waals surface area (Å²) in [5.74, 6) is 1.84. The highest BCUT2D eigenvalue weighted by Crippen LogP contribution is 2.15. The van der Waals surface area contributed by atoms with E-state index in [0.29, 0.717) is 11.4 Å². The molecule has 0 saturated heterocycles. The molecule has 1 rings (SSSR count). The monoisotopic (exact) mass is 286 g/mol. The van der Waals surface area contributed by atoms with Gasteiger partial charge in [-0.1, -0.05) is 17.7 Å². The van der Waals surface area contributed by atoms with Crippen molar-refractivity contribution < 1.29 is 4.79 Å². The van der Waals surface area contributed by atoms with Crippen LogP contribution < -0.4 is 11.1 Å². The summed E-state index contributed by atoms with van der Waals surface area (Å²) < 4.78 is 0. The van der Waals surface area contributed by atoms with Gasteiger partial charge in [0.2, 0.25) is 5.91 Å². The summed E-state index contributed by atoms with van der Waals surface area (Å²) in [6.45, 7) is 1.99. The third-order valence-electron chi connectivity index (χ3n) is 2.30. The Morgan fingerprint density at radius 1 is 1.50 bits per heavy atom. The van der Waals surface area contributed by atoms with Crippen molar-refractivity contribution >= 4 is 35.0 Å². The average molecular weight is 287 g/mol. The van der Waals surface area contributed by atoms with E-state index in [-0.39, 0.29) is 11.9 Å². The number of anilines is 1. The van der Waals surface area contributed by atoms with E-state index in [4.69, 9.17) is 17.3 Å². The molecule has 1 aromatic rings. The molecule has 3 nitrogen and oxygen atoms in total. The number of rotatable bonds is 7. The molecule has 0 aliphatic rings. The zero-order valence-electron chi connectivity index (χ0n) is 10.5. The second kappa shape index (κ2) is 8.40. The number of thioether (sulfide) groups is 1. The molecule has 0 aliphatic carbocycles. The SMILES string of the molecule is CC(N)CCSCCC(=O)Nc1cccc(Cl)c1. The van der Waals surface area contributed by atoms with Crippen LogP contribution in [0.25, 0.3) is 0 Å². The first-order chi connectivity index (χ1) is 8.58. The molecule has 1 aromatic carbocycles. The molecule has 18 heavy (non-hydrogen) atoms. The van der Waals surface area contributed by atoms with Crippen LogP contribution in [0.15, 0.2) is 24.3 Å². The second-order valence-electron chi connectivity index (χ2n) is 4.19. The Balaban J connectivity index is 2.18. The molecule has 0 aliphatic heterocycles. The van der Waals surface area contributed by atoms with E-state index < -0.39 is 0 Å². The number of benzene rings is 1. The van der Waals surface area contributed by atoms with E-state index in [9.17, 15) is 4.79 Å². The number of nitrogens with one attached hydrogen (secondary N) is 1. The molecule has 3 N–H and O–H groups in total. The lowest BCUT2D eigenvalue weighted by Gasteiger charge is -2.06. The number of nitrogens with two attached hydrogens (primary N) is 1. The summed E-state index contributed by atoms with van der Waals surface area (Å²) in [6, 6.07) is 7.39. The maximum absolute atomic E-state index is 11.6. The van der Waals surface area contributed by atoms with Crippen molar-refractivity contribution in [2.24, 2.45) is 5.73 Å². The van der Waals surface area contributed by atoms with Gasteiger partial charge in [-0.05, 0) is 37.3 Å². The number of hydrogen-bond donors (Lipinski definition) is 2. The standard InChI is InChI=1S/C13H19ClN2OS/c1-10(15)5-7-18-8-6-13(17)16-12-4-2-3-11(14)9-12/h2-4,9-10H,5-8,15H2,1H3,(H,16,17). The van der Waals surface area contributed by atoms with Gasteiger partial charge in [0, 0.05) is 28.9 Å². The molecular formula is C13H19ClN2OS. The Morgan fingerprint density at radius 3 is 2.94 bits per heavy atom. The molecule has 0 spiro atoms. The van der Waals surface area contributed by atoms with Crippen LogP contribution in [0, 0.1) is 0 Å². The first kappa shape index (κ1) is 15.3. The fourth-order valence-corrected chi connectivity index (χ4v) is 2.59. The topological polar surface area (TPSA) is 55.1 Å². The predicted molar refractivity (Wildman–Crippen MR) is 80.3 cm³/mol. The van der Waals surface area contributed by atoms with E-state index in [0.717, 1.165) is 23.6 Å². The number of carbonyl (C=O) groups is 1. The largest absolute Gasteiger partial charge is 0.328 e. The maximum Gasteiger partial charge on any atom is 0.225 e. The van der Waals surface area contributed by atoms with Crippen LogP contribution in [0.1, 0.15) is 19.8 Å². The molecule has 5 heteroatoms. The van der Waals surface area contributed by atoms with Crippen molar-refractivity contribution in [3.8, 4) is 0 Å². The van der Waals surface area contributed by atoms with Gasteiger partial charge in [-0.3, -0.25) is 4.79 Å². The van der Waals surface area contributed by atoms with Crippen LogP contribution >= 0.6 is 23.4 Å². The first-order valence-corrected chi connectivity index (χ1v) is 7.50. The highest BCUT2D eigenvalue weighted by atomic mass is 35.5. The van der Waals surface area contributed by atoms with Gasteiger partial charge in [0.05, 0.1) is 0 Å². The summed E-state index contributed by atoms with van der Waals surface area (Å²) in [5, 5.41) is 3.45. The quantitative estimate of drug-likeness (QED) is 0.757. The highest BCUT2D eigenvalue weighted by molar-refractivity contribution is 7.99. The molecular weight excluding hydrogens is 268 g/mol. The summed E-state index contributed by atoms with van der Waals surface area (Å²) in [6.07, 6.45) is 1.50. The lowest BCUT2D eigenvalue weighted by Crippen LogP contribution is -2.16. The molecule has 0 radical (unpaired) electrons. The average Bonchev–Trinajstić information content (AvgIpc) is 2.28. The number of hydrogen-bond acceptors (Lipinski definition) is 3. The Morgan fingerprint density at radius 2 is 2.28 bits per heavy atom. The summed E-state index contributed by atoms with van der Waals surface area (Å²) in [4.78, 5) is 11.6. The molecule has 1 atom stereocenters. The van der Waals surface area contributed by atoms with Crippen molar-refractivity contribution in [2.75, 3.05) is 16.8 Å². The van der Waals surface area contributed by atoms with Crippen LogP contribution in [0.3, 0.4) is 0 Å². The molecule has 0 aromatic heterocycles. The maximum atomic E-state index is 11.6. The lowest BCUT2D eigenvalue weighted by atomic mass is 10.3. The minimum atomic E-state index is 0.0190. The van der Waals surface area contributed by atoms with E-state index in [1.54, 1.807) is 23.9 Å². The Bertz CT molecular complexity index is 385. The lowest BCUT2D eigenvalue weighted by molar-refractivity contribution is -0.115. The molecule has 100 valence electrons. The van der Waals surface area contributed by atoms with Gasteiger partial charge in [-0.15, -0.1) is 0 Å². The third-order valence-corrected chi connectivity index (χ3v) is 3.55. The van der Waals surface area contributed by atoms with Crippen LogP contribution in [0.2, 0.25) is 5.02 Å². The number of halogens is 1. The zero-order valence-corrected chi connectivity index (χ0v) is 12.1. The summed E-state index contributed by atoms with van der Waals surface area (Å²) in [5.41, 5.74) is 6.39. The van der Waals surface area contributed by atoms with Crippen molar-refractivity contribution in [3.63, 3.8) is 0 Å². The zero-order chi connectivity index (χ0) is 13.4. The van der Waals surface area contributed by atoms with Gasteiger partial charge in [0.25, 0.3) is 0 Å². The fourth-order valence-electron chi connectivity index (χ4n) is 1.33. The van der Waals surface area contributed by atoms with Gasteiger partial charge < -0.3 is 11.1 Å². The van der Waals surface area contributed by atoms with Gasteiger partial charge in [0.15, 0.2) is 0 Å². The van der Waals surface area contributed by atoms with E-state index in [1.165, 1.54) is 0 Å². The van der Waals surface area contributed by atoms with E-state index in [2.05, 4.69) is 5.32 Å². The van der Waals surface area contributed by atoms with Crippen molar-refractivity contribution in [1.29, 1.82) is 0 Å². The fraction of sp³-hybridized carbons (Fsp3) is 0.462. The Hall–Kier alpha value is -0.710. The van der Waals surface area contributed by atoms with Gasteiger partial charge in [-0.25, -0.2) is 0 Å². The second-order valence-corrected chi connectivity index (χ2v) is 5.85. The third kappa shape index (κ3) is 6.89. The smallest absolute Gasteiger partial charge is 0.225 e. The van der Waals surface area contributed by atoms with Crippen LogP contribution in [0.5, 0.6) is 0 Å². The minimum Gasteiger partial charge on any atom is -0.328 e. The Kier molecular flexibility index (Phi) is 7.16. The van der Waals surface area contributed by atoms with E-state index >= 15 is 0 Å². The predicted octanol–water partition coefficient (Wildman–Crippen LogP) is 3.14. The van der Waals surface area contributed by atoms with Crippen molar-refractivity contribution in [3.05, 3.63) is 29.3 Å².